The molecular weight excluding hydrogens is 227 g/mol. The fourth-order valence-corrected chi connectivity index (χ4v) is 1.85. The van der Waals surface area contributed by atoms with Crippen molar-refractivity contribution in [2.45, 2.75) is 19.8 Å². The van der Waals surface area contributed by atoms with Gasteiger partial charge in [-0.2, -0.15) is 0 Å². The molecule has 0 bridgehead atoms. The second-order valence-corrected chi connectivity index (χ2v) is 4.15. The summed E-state index contributed by atoms with van der Waals surface area (Å²) >= 11 is 5.90. The molecule has 0 saturated carbocycles. The SMILES string of the molecule is CCOCCC(CCl)Cc1ccc(F)cc1. The van der Waals surface area contributed by atoms with Crippen molar-refractivity contribution in [1.29, 1.82) is 0 Å². The Morgan fingerprint density at radius 2 is 2.00 bits per heavy atom. The van der Waals surface area contributed by atoms with Crippen LogP contribution in [0.2, 0.25) is 0 Å². The molecule has 3 heteroatoms. The molecule has 16 heavy (non-hydrogen) atoms. The van der Waals surface area contributed by atoms with Crippen LogP contribution in [0.1, 0.15) is 18.9 Å². The Balaban J connectivity index is 2.40. The Hall–Kier alpha value is -0.600. The highest BCUT2D eigenvalue weighted by Gasteiger charge is 2.08. The predicted octanol–water partition coefficient (Wildman–Crippen LogP) is 3.65. The summed E-state index contributed by atoms with van der Waals surface area (Å²) in [5, 5.41) is 0. The highest BCUT2D eigenvalue weighted by Crippen LogP contribution is 2.14. The highest BCUT2D eigenvalue weighted by atomic mass is 35.5. The highest BCUT2D eigenvalue weighted by molar-refractivity contribution is 6.18. The molecule has 0 aromatic heterocycles. The van der Waals surface area contributed by atoms with Crippen molar-refractivity contribution in [1.82, 2.24) is 0 Å². The normalized spacial score (nSPS) is 12.7. The fraction of sp³-hybridized carbons (Fsp3) is 0.538. The van der Waals surface area contributed by atoms with Gasteiger partial charge in [0.05, 0.1) is 0 Å². The number of ether oxygens (including phenoxy) is 1. The molecule has 90 valence electrons. The molecule has 1 unspecified atom stereocenters. The van der Waals surface area contributed by atoms with Crippen molar-refractivity contribution < 1.29 is 9.13 Å². The van der Waals surface area contributed by atoms with E-state index in [4.69, 9.17) is 16.3 Å². The first-order chi connectivity index (χ1) is 7.76. The molecular formula is C13H18ClFO. The summed E-state index contributed by atoms with van der Waals surface area (Å²) in [7, 11) is 0. The molecule has 0 fully saturated rings. The molecule has 0 aliphatic heterocycles. The van der Waals surface area contributed by atoms with Crippen LogP contribution in [0, 0.1) is 11.7 Å². The van der Waals surface area contributed by atoms with Gasteiger partial charge in [-0.05, 0) is 43.4 Å². The van der Waals surface area contributed by atoms with Crippen molar-refractivity contribution >= 4 is 11.6 Å². The number of benzene rings is 1. The number of hydrogen-bond donors (Lipinski definition) is 0. The minimum absolute atomic E-state index is 0.194. The van der Waals surface area contributed by atoms with Crippen LogP contribution in [0.15, 0.2) is 24.3 Å². The van der Waals surface area contributed by atoms with Gasteiger partial charge in [0.2, 0.25) is 0 Å². The van der Waals surface area contributed by atoms with Gasteiger partial charge in [0.1, 0.15) is 5.82 Å². The lowest BCUT2D eigenvalue weighted by Gasteiger charge is -2.13. The summed E-state index contributed by atoms with van der Waals surface area (Å²) < 4.78 is 18.0. The number of alkyl halides is 1. The minimum Gasteiger partial charge on any atom is -0.382 e. The van der Waals surface area contributed by atoms with E-state index in [0.717, 1.165) is 31.6 Å². The molecule has 0 radical (unpaired) electrons. The fourth-order valence-electron chi connectivity index (χ4n) is 1.58. The summed E-state index contributed by atoms with van der Waals surface area (Å²) in [4.78, 5) is 0. The van der Waals surface area contributed by atoms with Gasteiger partial charge in [-0.15, -0.1) is 11.6 Å². The summed E-state index contributed by atoms with van der Waals surface area (Å²) in [6.45, 7) is 3.47. The zero-order valence-electron chi connectivity index (χ0n) is 9.59. The summed E-state index contributed by atoms with van der Waals surface area (Å²) in [5.74, 6) is 0.823. The van der Waals surface area contributed by atoms with Crippen LogP contribution < -0.4 is 0 Å². The van der Waals surface area contributed by atoms with Crippen LogP contribution in [0.25, 0.3) is 0 Å². The van der Waals surface area contributed by atoms with E-state index in [1.54, 1.807) is 0 Å². The zero-order chi connectivity index (χ0) is 11.8. The molecule has 0 aliphatic rings. The second kappa shape index (κ2) is 7.64. The topological polar surface area (TPSA) is 9.23 Å². The van der Waals surface area contributed by atoms with E-state index < -0.39 is 0 Å². The average molecular weight is 245 g/mol. The molecule has 0 saturated heterocycles. The maximum atomic E-state index is 12.7. The summed E-state index contributed by atoms with van der Waals surface area (Å²) in [6.07, 6.45) is 1.84. The third-order valence-corrected chi connectivity index (χ3v) is 2.97. The minimum atomic E-state index is -0.194. The molecule has 0 amide bonds. The van der Waals surface area contributed by atoms with Crippen molar-refractivity contribution in [2.75, 3.05) is 19.1 Å². The van der Waals surface area contributed by atoms with Gasteiger partial charge in [0.15, 0.2) is 0 Å². The molecule has 1 atom stereocenters. The Kier molecular flexibility index (Phi) is 6.43. The van der Waals surface area contributed by atoms with E-state index in [1.165, 1.54) is 12.1 Å². The monoisotopic (exact) mass is 244 g/mol. The first kappa shape index (κ1) is 13.5. The van der Waals surface area contributed by atoms with E-state index >= 15 is 0 Å². The molecule has 1 nitrogen and oxygen atoms in total. The van der Waals surface area contributed by atoms with Gasteiger partial charge in [-0.1, -0.05) is 12.1 Å². The van der Waals surface area contributed by atoms with E-state index in [1.807, 2.05) is 19.1 Å². The molecule has 0 heterocycles. The molecule has 1 aromatic carbocycles. The third-order valence-electron chi connectivity index (χ3n) is 2.53. The van der Waals surface area contributed by atoms with Gasteiger partial charge in [0.25, 0.3) is 0 Å². The molecule has 1 aromatic rings. The Morgan fingerprint density at radius 3 is 2.56 bits per heavy atom. The Morgan fingerprint density at radius 1 is 1.31 bits per heavy atom. The van der Waals surface area contributed by atoms with E-state index in [-0.39, 0.29) is 5.82 Å². The first-order valence-corrected chi connectivity index (χ1v) is 6.17. The maximum absolute atomic E-state index is 12.7. The third kappa shape index (κ3) is 4.95. The second-order valence-electron chi connectivity index (χ2n) is 3.84. The first-order valence-electron chi connectivity index (χ1n) is 5.64. The van der Waals surface area contributed by atoms with Gasteiger partial charge in [0, 0.05) is 19.1 Å². The van der Waals surface area contributed by atoms with Gasteiger partial charge >= 0.3 is 0 Å². The van der Waals surface area contributed by atoms with Gasteiger partial charge in [-0.25, -0.2) is 4.39 Å². The lowest BCUT2D eigenvalue weighted by Crippen LogP contribution is -2.10. The summed E-state index contributed by atoms with van der Waals surface area (Å²) in [5.41, 5.74) is 1.13. The van der Waals surface area contributed by atoms with Crippen LogP contribution in [0.3, 0.4) is 0 Å². The van der Waals surface area contributed by atoms with Crippen LogP contribution in [0.4, 0.5) is 4.39 Å². The van der Waals surface area contributed by atoms with Gasteiger partial charge < -0.3 is 4.74 Å². The lowest BCUT2D eigenvalue weighted by molar-refractivity contribution is 0.134. The molecule has 1 rings (SSSR count). The molecule has 0 spiro atoms. The predicted molar refractivity (Wildman–Crippen MR) is 65.4 cm³/mol. The van der Waals surface area contributed by atoms with Crippen LogP contribution in [-0.2, 0) is 11.2 Å². The van der Waals surface area contributed by atoms with Crippen molar-refractivity contribution in [3.8, 4) is 0 Å². The molecule has 0 N–H and O–H groups in total. The van der Waals surface area contributed by atoms with Crippen molar-refractivity contribution in [2.24, 2.45) is 5.92 Å². The zero-order valence-corrected chi connectivity index (χ0v) is 10.3. The lowest BCUT2D eigenvalue weighted by atomic mass is 9.98. The largest absolute Gasteiger partial charge is 0.382 e. The smallest absolute Gasteiger partial charge is 0.123 e. The number of hydrogen-bond acceptors (Lipinski definition) is 1. The molecule has 0 aliphatic carbocycles. The van der Waals surface area contributed by atoms with E-state index in [0.29, 0.717) is 11.8 Å². The van der Waals surface area contributed by atoms with Crippen LogP contribution in [-0.4, -0.2) is 19.1 Å². The quantitative estimate of drug-likeness (QED) is 0.526. The average Bonchev–Trinajstić information content (AvgIpc) is 2.31. The standard InChI is InChI=1S/C13H18ClFO/c1-2-16-8-7-12(10-14)9-11-3-5-13(15)6-4-11/h3-6,12H,2,7-10H2,1H3. The van der Waals surface area contributed by atoms with Crippen molar-refractivity contribution in [3.63, 3.8) is 0 Å². The van der Waals surface area contributed by atoms with Crippen LogP contribution in [0.5, 0.6) is 0 Å². The van der Waals surface area contributed by atoms with E-state index in [9.17, 15) is 4.39 Å². The number of halogens is 2. The summed E-state index contributed by atoms with van der Waals surface area (Å²) in [6, 6.07) is 6.61. The van der Waals surface area contributed by atoms with Crippen molar-refractivity contribution in [3.05, 3.63) is 35.6 Å². The van der Waals surface area contributed by atoms with Crippen LogP contribution >= 0.6 is 11.6 Å². The maximum Gasteiger partial charge on any atom is 0.123 e. The Labute approximate surface area is 102 Å². The van der Waals surface area contributed by atoms with E-state index in [2.05, 4.69) is 0 Å². The van der Waals surface area contributed by atoms with Gasteiger partial charge in [-0.3, -0.25) is 0 Å². The Bertz CT molecular complexity index is 286. The number of rotatable bonds is 7.